The van der Waals surface area contributed by atoms with E-state index in [1.165, 1.54) is 4.90 Å². The maximum Gasteiger partial charge on any atom is 0.250 e. The van der Waals surface area contributed by atoms with Crippen LogP contribution >= 0.6 is 11.6 Å². The molecule has 84 valence electrons. The smallest absolute Gasteiger partial charge is 0.250 e. The number of halogens is 1. The van der Waals surface area contributed by atoms with Gasteiger partial charge in [-0.1, -0.05) is 29.8 Å². The Morgan fingerprint density at radius 1 is 1.38 bits per heavy atom. The molecule has 1 aromatic rings. The normalized spacial score (nSPS) is 20.9. The van der Waals surface area contributed by atoms with Crippen molar-refractivity contribution in [2.75, 3.05) is 13.6 Å². The quantitative estimate of drug-likeness (QED) is 0.793. The highest BCUT2D eigenvalue weighted by Crippen LogP contribution is 2.25. The Labute approximate surface area is 98.2 Å². The molecule has 5 heteroatoms. The van der Waals surface area contributed by atoms with Gasteiger partial charge in [0.25, 0.3) is 0 Å². The summed E-state index contributed by atoms with van der Waals surface area (Å²) in [6.45, 7) is 0.0970. The summed E-state index contributed by atoms with van der Waals surface area (Å²) in [4.78, 5) is 24.6. The minimum Gasteiger partial charge on any atom is -0.339 e. The number of hydrogen-bond acceptors (Lipinski definition) is 2. The third kappa shape index (κ3) is 1.88. The minimum absolute atomic E-state index is 0.0970. The highest BCUT2D eigenvalue weighted by Gasteiger charge is 2.32. The molecule has 0 radical (unpaired) electrons. The Balaban J connectivity index is 2.36. The van der Waals surface area contributed by atoms with Crippen molar-refractivity contribution >= 4 is 23.4 Å². The molecule has 1 heterocycles. The molecule has 1 N–H and O–H groups in total. The molecule has 2 rings (SSSR count). The summed E-state index contributed by atoms with van der Waals surface area (Å²) in [6, 6.07) is 6.34. The van der Waals surface area contributed by atoms with Crippen LogP contribution in [0.2, 0.25) is 5.02 Å². The summed E-state index contributed by atoms with van der Waals surface area (Å²) in [5.41, 5.74) is 0.633. The SMILES string of the molecule is CN1CC(=O)NC(c2ccccc2Cl)C1=O. The van der Waals surface area contributed by atoms with E-state index >= 15 is 0 Å². The van der Waals surface area contributed by atoms with Crippen LogP contribution in [0.4, 0.5) is 0 Å². The molecule has 16 heavy (non-hydrogen) atoms. The molecule has 1 aromatic carbocycles. The summed E-state index contributed by atoms with van der Waals surface area (Å²) >= 11 is 6.00. The first kappa shape index (κ1) is 11.0. The molecule has 1 aliphatic rings. The van der Waals surface area contributed by atoms with Crippen LogP contribution in [0.15, 0.2) is 24.3 Å². The van der Waals surface area contributed by atoms with Gasteiger partial charge in [0.1, 0.15) is 6.04 Å². The first-order chi connectivity index (χ1) is 7.59. The molecule has 0 aliphatic carbocycles. The lowest BCUT2D eigenvalue weighted by Gasteiger charge is -2.30. The van der Waals surface area contributed by atoms with Crippen LogP contribution in [-0.2, 0) is 9.59 Å². The predicted molar refractivity (Wildman–Crippen MR) is 60.0 cm³/mol. The molecule has 1 atom stereocenters. The van der Waals surface area contributed by atoms with E-state index < -0.39 is 6.04 Å². The van der Waals surface area contributed by atoms with Crippen molar-refractivity contribution in [1.29, 1.82) is 0 Å². The molecular formula is C11H11ClN2O2. The third-order valence-electron chi connectivity index (χ3n) is 2.53. The predicted octanol–water partition coefficient (Wildman–Crippen LogP) is 0.969. The van der Waals surface area contributed by atoms with Crippen molar-refractivity contribution in [2.45, 2.75) is 6.04 Å². The third-order valence-corrected chi connectivity index (χ3v) is 2.87. The van der Waals surface area contributed by atoms with Crippen molar-refractivity contribution in [3.8, 4) is 0 Å². The molecule has 0 aromatic heterocycles. The molecule has 0 saturated carbocycles. The fourth-order valence-electron chi connectivity index (χ4n) is 1.70. The van der Waals surface area contributed by atoms with Gasteiger partial charge in [0.15, 0.2) is 0 Å². The number of carbonyl (C=O) groups excluding carboxylic acids is 2. The number of nitrogens with one attached hydrogen (secondary N) is 1. The summed E-state index contributed by atoms with van der Waals surface area (Å²) in [7, 11) is 1.60. The van der Waals surface area contributed by atoms with Crippen molar-refractivity contribution in [3.05, 3.63) is 34.9 Å². The van der Waals surface area contributed by atoms with E-state index in [9.17, 15) is 9.59 Å². The lowest BCUT2D eigenvalue weighted by molar-refractivity contribution is -0.143. The fourth-order valence-corrected chi connectivity index (χ4v) is 1.95. The van der Waals surface area contributed by atoms with Gasteiger partial charge >= 0.3 is 0 Å². The van der Waals surface area contributed by atoms with Crippen LogP contribution < -0.4 is 5.32 Å². The van der Waals surface area contributed by atoms with Crippen LogP contribution in [0.1, 0.15) is 11.6 Å². The van der Waals surface area contributed by atoms with E-state index in [0.717, 1.165) is 0 Å². The molecule has 1 unspecified atom stereocenters. The van der Waals surface area contributed by atoms with Crippen LogP contribution in [-0.4, -0.2) is 30.3 Å². The number of nitrogens with zero attached hydrogens (tertiary/aromatic N) is 1. The number of amides is 2. The molecule has 0 spiro atoms. The lowest BCUT2D eigenvalue weighted by Crippen LogP contribution is -2.51. The van der Waals surface area contributed by atoms with Gasteiger partial charge < -0.3 is 10.2 Å². The Morgan fingerprint density at radius 3 is 2.75 bits per heavy atom. The van der Waals surface area contributed by atoms with E-state index in [0.29, 0.717) is 10.6 Å². The maximum atomic E-state index is 11.9. The number of benzene rings is 1. The largest absolute Gasteiger partial charge is 0.339 e. The zero-order valence-corrected chi connectivity index (χ0v) is 9.49. The van der Waals surface area contributed by atoms with Gasteiger partial charge in [-0.3, -0.25) is 9.59 Å². The lowest BCUT2D eigenvalue weighted by atomic mass is 10.0. The minimum atomic E-state index is -0.667. The second kappa shape index (κ2) is 4.14. The number of carbonyl (C=O) groups is 2. The van der Waals surface area contributed by atoms with E-state index in [-0.39, 0.29) is 18.4 Å². The van der Waals surface area contributed by atoms with Gasteiger partial charge in [-0.2, -0.15) is 0 Å². The van der Waals surface area contributed by atoms with E-state index in [1.807, 2.05) is 0 Å². The van der Waals surface area contributed by atoms with Crippen molar-refractivity contribution < 1.29 is 9.59 Å². The zero-order chi connectivity index (χ0) is 11.7. The Bertz CT molecular complexity index is 447. The highest BCUT2D eigenvalue weighted by molar-refractivity contribution is 6.31. The topological polar surface area (TPSA) is 49.4 Å². The first-order valence-electron chi connectivity index (χ1n) is 4.88. The molecule has 1 fully saturated rings. The van der Waals surface area contributed by atoms with Gasteiger partial charge in [-0.25, -0.2) is 0 Å². The molecular weight excluding hydrogens is 228 g/mol. The molecule has 4 nitrogen and oxygen atoms in total. The fraction of sp³-hybridized carbons (Fsp3) is 0.273. The molecule has 1 saturated heterocycles. The van der Waals surface area contributed by atoms with Crippen LogP contribution in [0.3, 0.4) is 0 Å². The van der Waals surface area contributed by atoms with Gasteiger partial charge in [0.05, 0.1) is 6.54 Å². The van der Waals surface area contributed by atoms with Gasteiger partial charge in [-0.15, -0.1) is 0 Å². The molecule has 0 bridgehead atoms. The Morgan fingerprint density at radius 2 is 2.06 bits per heavy atom. The Hall–Kier alpha value is -1.55. The average Bonchev–Trinajstić information content (AvgIpc) is 2.24. The highest BCUT2D eigenvalue weighted by atomic mass is 35.5. The van der Waals surface area contributed by atoms with Gasteiger partial charge in [-0.05, 0) is 6.07 Å². The van der Waals surface area contributed by atoms with Crippen LogP contribution in [0.25, 0.3) is 0 Å². The first-order valence-corrected chi connectivity index (χ1v) is 5.26. The Kier molecular flexibility index (Phi) is 2.83. The number of rotatable bonds is 1. The van der Waals surface area contributed by atoms with Crippen LogP contribution in [0.5, 0.6) is 0 Å². The standard InChI is InChI=1S/C11H11ClN2O2/c1-14-6-9(15)13-10(11(14)16)7-4-2-3-5-8(7)12/h2-5,10H,6H2,1H3,(H,13,15). The van der Waals surface area contributed by atoms with Crippen LogP contribution in [0, 0.1) is 0 Å². The summed E-state index contributed by atoms with van der Waals surface area (Å²) in [5, 5.41) is 3.12. The average molecular weight is 239 g/mol. The van der Waals surface area contributed by atoms with Gasteiger partial charge in [0.2, 0.25) is 11.8 Å². The monoisotopic (exact) mass is 238 g/mol. The van der Waals surface area contributed by atoms with E-state index in [2.05, 4.69) is 5.32 Å². The van der Waals surface area contributed by atoms with Crippen molar-refractivity contribution in [2.24, 2.45) is 0 Å². The van der Waals surface area contributed by atoms with Crippen molar-refractivity contribution in [1.82, 2.24) is 10.2 Å². The number of piperazine rings is 1. The molecule has 2 amide bonds. The summed E-state index contributed by atoms with van der Waals surface area (Å²) < 4.78 is 0. The van der Waals surface area contributed by atoms with Crippen molar-refractivity contribution in [3.63, 3.8) is 0 Å². The molecule has 1 aliphatic heterocycles. The number of likely N-dealkylation sites (N-methyl/N-ethyl adjacent to an activating group) is 1. The van der Waals surface area contributed by atoms with E-state index in [4.69, 9.17) is 11.6 Å². The summed E-state index contributed by atoms with van der Waals surface area (Å²) in [5.74, 6) is -0.320. The second-order valence-corrected chi connectivity index (χ2v) is 4.12. The maximum absolute atomic E-state index is 11.9. The number of hydrogen-bond donors (Lipinski definition) is 1. The van der Waals surface area contributed by atoms with Gasteiger partial charge in [0, 0.05) is 17.6 Å². The second-order valence-electron chi connectivity index (χ2n) is 3.72. The summed E-state index contributed by atoms with van der Waals surface area (Å²) in [6.07, 6.45) is 0. The zero-order valence-electron chi connectivity index (χ0n) is 8.74. The van der Waals surface area contributed by atoms with E-state index in [1.54, 1.807) is 31.3 Å².